The molecule has 98 valence electrons. The summed E-state index contributed by atoms with van der Waals surface area (Å²) in [6.07, 6.45) is 0.218. The van der Waals surface area contributed by atoms with Crippen molar-refractivity contribution in [3.05, 3.63) is 0 Å². The molecule has 1 heterocycles. The average Bonchev–Trinajstić information content (AvgIpc) is 2.76. The van der Waals surface area contributed by atoms with Crippen molar-refractivity contribution in [2.45, 2.75) is 33.2 Å². The molecule has 1 fully saturated rings. The standard InChI is InChI=1S/C12H21NO4/c1-12(2,3)10(14)9(13-11(15)16-4)8-5-6-17-7-8/h8-9H,5-7H2,1-4H3,(H,13,15). The predicted molar refractivity (Wildman–Crippen MR) is 62.7 cm³/mol. The van der Waals surface area contributed by atoms with Gasteiger partial charge in [-0.2, -0.15) is 0 Å². The van der Waals surface area contributed by atoms with Crippen LogP contribution in [0.15, 0.2) is 0 Å². The van der Waals surface area contributed by atoms with Gasteiger partial charge in [-0.05, 0) is 6.42 Å². The van der Waals surface area contributed by atoms with Gasteiger partial charge in [-0.1, -0.05) is 20.8 Å². The minimum atomic E-state index is -0.570. The Morgan fingerprint density at radius 1 is 1.41 bits per heavy atom. The van der Waals surface area contributed by atoms with Gasteiger partial charge in [0.15, 0.2) is 5.78 Å². The second-order valence-corrected chi connectivity index (χ2v) is 5.35. The number of methoxy groups -OCH3 is 1. The van der Waals surface area contributed by atoms with Crippen molar-refractivity contribution in [2.24, 2.45) is 11.3 Å². The molecular formula is C12H21NO4. The van der Waals surface area contributed by atoms with Crippen molar-refractivity contribution >= 4 is 11.9 Å². The van der Waals surface area contributed by atoms with Crippen molar-refractivity contribution in [3.8, 4) is 0 Å². The van der Waals surface area contributed by atoms with Crippen LogP contribution in [-0.2, 0) is 14.3 Å². The quantitative estimate of drug-likeness (QED) is 0.813. The number of ether oxygens (including phenoxy) is 2. The highest BCUT2D eigenvalue weighted by atomic mass is 16.5. The molecule has 2 atom stereocenters. The van der Waals surface area contributed by atoms with E-state index in [0.29, 0.717) is 13.2 Å². The van der Waals surface area contributed by atoms with Crippen molar-refractivity contribution in [1.82, 2.24) is 5.32 Å². The summed E-state index contributed by atoms with van der Waals surface area (Å²) in [6.45, 7) is 6.68. The van der Waals surface area contributed by atoms with Gasteiger partial charge in [-0.3, -0.25) is 4.79 Å². The van der Waals surface area contributed by atoms with Crippen molar-refractivity contribution in [3.63, 3.8) is 0 Å². The van der Waals surface area contributed by atoms with Gasteiger partial charge in [0.1, 0.15) is 0 Å². The highest BCUT2D eigenvalue weighted by molar-refractivity contribution is 5.91. The van der Waals surface area contributed by atoms with Gasteiger partial charge >= 0.3 is 6.09 Å². The first-order valence-corrected chi connectivity index (χ1v) is 5.83. The predicted octanol–water partition coefficient (Wildman–Crippen LogP) is 1.36. The van der Waals surface area contributed by atoms with E-state index in [1.54, 1.807) is 0 Å². The number of ketones is 1. The van der Waals surface area contributed by atoms with Crippen molar-refractivity contribution < 1.29 is 19.1 Å². The Morgan fingerprint density at radius 2 is 2.06 bits per heavy atom. The van der Waals surface area contributed by atoms with Crippen LogP contribution in [0.5, 0.6) is 0 Å². The summed E-state index contributed by atoms with van der Waals surface area (Å²) >= 11 is 0. The maximum Gasteiger partial charge on any atom is 0.407 e. The third-order valence-electron chi connectivity index (χ3n) is 2.92. The van der Waals surface area contributed by atoms with Crippen LogP contribution in [0, 0.1) is 11.3 Å². The molecule has 2 unspecified atom stereocenters. The molecule has 1 N–H and O–H groups in total. The first-order chi connectivity index (χ1) is 7.86. The lowest BCUT2D eigenvalue weighted by Gasteiger charge is -2.28. The Balaban J connectivity index is 2.78. The molecule has 0 saturated carbocycles. The van der Waals surface area contributed by atoms with Crippen LogP contribution >= 0.6 is 0 Å². The molecule has 0 aliphatic carbocycles. The second kappa shape index (κ2) is 5.49. The fourth-order valence-electron chi connectivity index (χ4n) is 1.87. The van der Waals surface area contributed by atoms with Crippen LogP contribution in [0.4, 0.5) is 4.79 Å². The van der Waals surface area contributed by atoms with Crippen molar-refractivity contribution in [1.29, 1.82) is 0 Å². The molecule has 0 spiro atoms. The van der Waals surface area contributed by atoms with Gasteiger partial charge in [0, 0.05) is 17.9 Å². The zero-order valence-corrected chi connectivity index (χ0v) is 10.9. The maximum absolute atomic E-state index is 12.3. The van der Waals surface area contributed by atoms with Gasteiger partial charge < -0.3 is 14.8 Å². The summed E-state index contributed by atoms with van der Waals surface area (Å²) in [5, 5.41) is 2.62. The third-order valence-corrected chi connectivity index (χ3v) is 2.92. The zero-order chi connectivity index (χ0) is 13.1. The normalized spacial score (nSPS) is 22.0. The third kappa shape index (κ3) is 3.70. The zero-order valence-electron chi connectivity index (χ0n) is 10.9. The SMILES string of the molecule is COC(=O)NC(C(=O)C(C)(C)C)C1CCOC1. The van der Waals surface area contributed by atoms with Crippen LogP contribution < -0.4 is 5.32 Å². The second-order valence-electron chi connectivity index (χ2n) is 5.35. The summed E-state index contributed by atoms with van der Waals surface area (Å²) in [5.41, 5.74) is -0.492. The van der Waals surface area contributed by atoms with Crippen LogP contribution in [0.2, 0.25) is 0 Å². The van der Waals surface area contributed by atoms with Crippen LogP contribution in [0.3, 0.4) is 0 Å². The first kappa shape index (κ1) is 14.0. The minimum Gasteiger partial charge on any atom is -0.453 e. The van der Waals surface area contributed by atoms with E-state index in [0.717, 1.165) is 6.42 Å². The van der Waals surface area contributed by atoms with Crippen LogP contribution in [0.25, 0.3) is 0 Å². The monoisotopic (exact) mass is 243 g/mol. The van der Waals surface area contributed by atoms with Gasteiger partial charge in [0.05, 0.1) is 19.8 Å². The van der Waals surface area contributed by atoms with E-state index < -0.39 is 17.6 Å². The smallest absolute Gasteiger partial charge is 0.407 e. The molecule has 0 aromatic carbocycles. The molecule has 17 heavy (non-hydrogen) atoms. The number of alkyl carbamates (subject to hydrolysis) is 1. The summed E-state index contributed by atoms with van der Waals surface area (Å²) in [5.74, 6) is 0.0548. The van der Waals surface area contributed by atoms with E-state index >= 15 is 0 Å². The molecule has 0 aromatic rings. The molecule has 1 aliphatic rings. The highest BCUT2D eigenvalue weighted by Gasteiger charge is 2.38. The van der Waals surface area contributed by atoms with E-state index in [1.807, 2.05) is 20.8 Å². The Bertz CT molecular complexity index is 289. The summed E-state index contributed by atoms with van der Waals surface area (Å²) in [6, 6.07) is -0.523. The van der Waals surface area contributed by atoms with Gasteiger partial charge in [-0.25, -0.2) is 4.79 Å². The number of carbonyl (C=O) groups excluding carboxylic acids is 2. The Hall–Kier alpha value is -1.10. The topological polar surface area (TPSA) is 64.6 Å². The number of nitrogens with one attached hydrogen (secondary N) is 1. The molecule has 1 rings (SSSR count). The van der Waals surface area contributed by atoms with E-state index in [2.05, 4.69) is 10.1 Å². The number of rotatable bonds is 3. The fraction of sp³-hybridized carbons (Fsp3) is 0.833. The molecule has 5 heteroatoms. The lowest BCUT2D eigenvalue weighted by molar-refractivity contribution is -0.129. The number of amides is 1. The minimum absolute atomic E-state index is 0.0124. The van der Waals surface area contributed by atoms with E-state index in [4.69, 9.17) is 4.74 Å². The molecule has 1 aliphatic heterocycles. The lowest BCUT2D eigenvalue weighted by atomic mass is 9.81. The van der Waals surface area contributed by atoms with Crippen molar-refractivity contribution in [2.75, 3.05) is 20.3 Å². The average molecular weight is 243 g/mol. The Kier molecular flexibility index (Phi) is 4.51. The maximum atomic E-state index is 12.3. The van der Waals surface area contributed by atoms with Gasteiger partial charge in [0.25, 0.3) is 0 Å². The molecular weight excluding hydrogens is 222 g/mol. The Morgan fingerprint density at radius 3 is 2.47 bits per heavy atom. The number of hydrogen-bond acceptors (Lipinski definition) is 4. The molecule has 5 nitrogen and oxygen atoms in total. The number of carbonyl (C=O) groups is 2. The van der Waals surface area contributed by atoms with Crippen LogP contribution in [0.1, 0.15) is 27.2 Å². The summed E-state index contributed by atoms with van der Waals surface area (Å²) in [7, 11) is 1.29. The number of hydrogen-bond donors (Lipinski definition) is 1. The molecule has 0 radical (unpaired) electrons. The number of Topliss-reactive ketones (excluding diaryl/α,β-unsaturated/α-hetero) is 1. The fourth-order valence-corrected chi connectivity index (χ4v) is 1.87. The van der Waals surface area contributed by atoms with Crippen LogP contribution in [-0.4, -0.2) is 38.2 Å². The highest BCUT2D eigenvalue weighted by Crippen LogP contribution is 2.25. The van der Waals surface area contributed by atoms with E-state index in [-0.39, 0.29) is 11.7 Å². The lowest BCUT2D eigenvalue weighted by Crippen LogP contribution is -2.50. The summed E-state index contributed by atoms with van der Waals surface area (Å²) < 4.78 is 9.83. The molecule has 1 saturated heterocycles. The Labute approximate surface area is 102 Å². The first-order valence-electron chi connectivity index (χ1n) is 5.83. The summed E-state index contributed by atoms with van der Waals surface area (Å²) in [4.78, 5) is 23.6. The molecule has 1 amide bonds. The largest absolute Gasteiger partial charge is 0.453 e. The molecule has 0 aromatic heterocycles. The van der Waals surface area contributed by atoms with Gasteiger partial charge in [-0.15, -0.1) is 0 Å². The van der Waals surface area contributed by atoms with E-state index in [1.165, 1.54) is 7.11 Å². The molecule has 0 bridgehead atoms. The van der Waals surface area contributed by atoms with Gasteiger partial charge in [0.2, 0.25) is 0 Å². The van der Waals surface area contributed by atoms with E-state index in [9.17, 15) is 9.59 Å².